The summed E-state index contributed by atoms with van der Waals surface area (Å²) in [6.45, 7) is 10.9. The lowest BCUT2D eigenvalue weighted by Gasteiger charge is -2.24. The van der Waals surface area contributed by atoms with E-state index in [4.69, 9.17) is 0 Å². The highest BCUT2D eigenvalue weighted by Gasteiger charge is 2.22. The molecule has 2 heteroatoms. The molecule has 2 nitrogen and oxygen atoms in total. The fourth-order valence-electron chi connectivity index (χ4n) is 2.22. The van der Waals surface area contributed by atoms with Crippen LogP contribution >= 0.6 is 0 Å². The van der Waals surface area contributed by atoms with Crippen molar-refractivity contribution in [3.63, 3.8) is 0 Å². The van der Waals surface area contributed by atoms with Crippen LogP contribution in [0.25, 0.3) is 0 Å². The predicted octanol–water partition coefficient (Wildman–Crippen LogP) is 2.50. The van der Waals surface area contributed by atoms with Gasteiger partial charge in [-0.25, -0.2) is 0 Å². The van der Waals surface area contributed by atoms with Crippen LogP contribution in [0.1, 0.15) is 46.5 Å². The second-order valence-corrected chi connectivity index (χ2v) is 5.84. The summed E-state index contributed by atoms with van der Waals surface area (Å²) in [4.78, 5) is 2.64. The largest absolute Gasteiger partial charge is 0.317 e. The van der Waals surface area contributed by atoms with Gasteiger partial charge < -0.3 is 10.2 Å². The van der Waals surface area contributed by atoms with Gasteiger partial charge in [-0.3, -0.25) is 0 Å². The second-order valence-electron chi connectivity index (χ2n) is 5.84. The Morgan fingerprint density at radius 2 is 2.00 bits per heavy atom. The first kappa shape index (κ1) is 13.0. The van der Waals surface area contributed by atoms with Crippen LogP contribution in [0.4, 0.5) is 0 Å². The number of nitrogens with one attached hydrogen (secondary N) is 1. The summed E-state index contributed by atoms with van der Waals surface area (Å²) < 4.78 is 0. The molecule has 0 aromatic heterocycles. The van der Waals surface area contributed by atoms with Gasteiger partial charge in [0.2, 0.25) is 0 Å². The zero-order valence-electron chi connectivity index (χ0n) is 11.0. The number of nitrogens with zero attached hydrogens (tertiary/aromatic N) is 1. The first-order valence-corrected chi connectivity index (χ1v) is 6.43. The molecule has 1 fully saturated rings. The Balaban J connectivity index is 2.26. The first-order valence-electron chi connectivity index (χ1n) is 6.43. The molecule has 0 spiro atoms. The highest BCUT2D eigenvalue weighted by Crippen LogP contribution is 2.29. The molecule has 15 heavy (non-hydrogen) atoms. The van der Waals surface area contributed by atoms with Crippen molar-refractivity contribution in [1.82, 2.24) is 10.2 Å². The van der Waals surface area contributed by atoms with E-state index in [9.17, 15) is 0 Å². The van der Waals surface area contributed by atoms with Crippen molar-refractivity contribution in [2.75, 3.05) is 26.7 Å². The summed E-state index contributed by atoms with van der Waals surface area (Å²) in [5, 5.41) is 3.31. The number of hydrogen-bond acceptors (Lipinski definition) is 2. The highest BCUT2D eigenvalue weighted by molar-refractivity contribution is 4.76. The van der Waals surface area contributed by atoms with Gasteiger partial charge in [-0.05, 0) is 64.7 Å². The van der Waals surface area contributed by atoms with E-state index < -0.39 is 0 Å². The predicted molar refractivity (Wildman–Crippen MR) is 67.2 cm³/mol. The third-order valence-corrected chi connectivity index (χ3v) is 3.80. The van der Waals surface area contributed by atoms with E-state index in [2.05, 4.69) is 38.0 Å². The molecule has 1 saturated heterocycles. The smallest absolute Gasteiger partial charge is 0.00479 e. The molecule has 0 aromatic rings. The third-order valence-electron chi connectivity index (χ3n) is 3.80. The Kier molecular flexibility index (Phi) is 5.07. The van der Waals surface area contributed by atoms with Gasteiger partial charge in [-0.15, -0.1) is 0 Å². The molecule has 1 unspecified atom stereocenters. The lowest BCUT2D eigenvalue weighted by molar-refractivity contribution is 0.252. The van der Waals surface area contributed by atoms with Gasteiger partial charge in [0.1, 0.15) is 0 Å². The molecule has 0 aliphatic carbocycles. The van der Waals surface area contributed by atoms with Crippen molar-refractivity contribution < 1.29 is 0 Å². The van der Waals surface area contributed by atoms with Gasteiger partial charge in [0, 0.05) is 6.04 Å². The Labute approximate surface area is 95.4 Å². The second kappa shape index (κ2) is 5.86. The van der Waals surface area contributed by atoms with Gasteiger partial charge in [0.25, 0.3) is 0 Å². The molecule has 90 valence electrons. The molecule has 1 N–H and O–H groups in total. The highest BCUT2D eigenvalue weighted by atomic mass is 15.1. The summed E-state index contributed by atoms with van der Waals surface area (Å²) in [5.74, 6) is 0. The molecular weight excluding hydrogens is 184 g/mol. The van der Waals surface area contributed by atoms with Crippen LogP contribution in [0.15, 0.2) is 0 Å². The normalized spacial score (nSPS) is 24.8. The maximum absolute atomic E-state index is 3.31. The van der Waals surface area contributed by atoms with Crippen molar-refractivity contribution in [2.45, 2.75) is 52.5 Å². The molecule has 1 aliphatic rings. The van der Waals surface area contributed by atoms with Crippen molar-refractivity contribution in [3.05, 3.63) is 0 Å². The molecule has 0 radical (unpaired) electrons. The molecule has 1 aliphatic heterocycles. The summed E-state index contributed by atoms with van der Waals surface area (Å²) >= 11 is 0. The van der Waals surface area contributed by atoms with Crippen LogP contribution in [-0.4, -0.2) is 37.6 Å². The molecule has 1 rings (SSSR count). The van der Waals surface area contributed by atoms with E-state index in [0.717, 1.165) is 0 Å². The van der Waals surface area contributed by atoms with Gasteiger partial charge in [0.15, 0.2) is 0 Å². The van der Waals surface area contributed by atoms with Crippen LogP contribution in [0.3, 0.4) is 0 Å². The lowest BCUT2D eigenvalue weighted by Crippen LogP contribution is -2.31. The molecule has 1 atom stereocenters. The molecule has 0 bridgehead atoms. The molecular formula is C13H28N2. The maximum Gasteiger partial charge on any atom is 0.00479 e. The van der Waals surface area contributed by atoms with Crippen LogP contribution in [0, 0.1) is 5.41 Å². The molecule has 1 heterocycles. The monoisotopic (exact) mass is 212 g/mol. The van der Waals surface area contributed by atoms with E-state index >= 15 is 0 Å². The van der Waals surface area contributed by atoms with Crippen molar-refractivity contribution in [3.8, 4) is 0 Å². The van der Waals surface area contributed by atoms with Crippen molar-refractivity contribution in [1.29, 1.82) is 0 Å². The minimum absolute atomic E-state index is 0.573. The molecule has 0 amide bonds. The average molecular weight is 212 g/mol. The van der Waals surface area contributed by atoms with Crippen LogP contribution in [-0.2, 0) is 0 Å². The fourth-order valence-corrected chi connectivity index (χ4v) is 2.22. The zero-order valence-corrected chi connectivity index (χ0v) is 11.0. The number of rotatable bonds is 4. The summed E-state index contributed by atoms with van der Waals surface area (Å²) in [7, 11) is 2.05. The summed E-state index contributed by atoms with van der Waals surface area (Å²) in [6, 6.07) is 0.654. The number of hydrogen-bond donors (Lipinski definition) is 1. The van der Waals surface area contributed by atoms with Crippen LogP contribution < -0.4 is 5.32 Å². The van der Waals surface area contributed by atoms with E-state index in [1.807, 2.05) is 0 Å². The third kappa shape index (κ3) is 4.98. The summed E-state index contributed by atoms with van der Waals surface area (Å²) in [6.07, 6.45) is 5.41. The Morgan fingerprint density at radius 1 is 1.27 bits per heavy atom. The standard InChI is InChI=1S/C13H28N2/c1-12(14-4)6-10-15-9-5-7-13(2,3)8-11-15/h12,14H,5-11H2,1-4H3. The lowest BCUT2D eigenvalue weighted by atomic mass is 9.85. The molecule has 0 aromatic carbocycles. The Bertz CT molecular complexity index is 177. The van der Waals surface area contributed by atoms with E-state index in [0.29, 0.717) is 11.5 Å². The first-order chi connectivity index (χ1) is 7.03. The van der Waals surface area contributed by atoms with E-state index in [1.165, 1.54) is 45.3 Å². The van der Waals surface area contributed by atoms with E-state index in [1.54, 1.807) is 0 Å². The minimum Gasteiger partial charge on any atom is -0.317 e. The minimum atomic E-state index is 0.573. The Hall–Kier alpha value is -0.0800. The Morgan fingerprint density at radius 3 is 2.67 bits per heavy atom. The quantitative estimate of drug-likeness (QED) is 0.770. The van der Waals surface area contributed by atoms with Crippen LogP contribution in [0.2, 0.25) is 0 Å². The fraction of sp³-hybridized carbons (Fsp3) is 1.00. The topological polar surface area (TPSA) is 15.3 Å². The summed E-state index contributed by atoms with van der Waals surface area (Å²) in [5.41, 5.74) is 0.573. The van der Waals surface area contributed by atoms with Crippen molar-refractivity contribution in [2.24, 2.45) is 5.41 Å². The zero-order chi connectivity index (χ0) is 11.3. The van der Waals surface area contributed by atoms with Crippen LogP contribution in [0.5, 0.6) is 0 Å². The van der Waals surface area contributed by atoms with Gasteiger partial charge in [-0.1, -0.05) is 13.8 Å². The van der Waals surface area contributed by atoms with Gasteiger partial charge in [-0.2, -0.15) is 0 Å². The molecule has 0 saturated carbocycles. The maximum atomic E-state index is 3.31. The van der Waals surface area contributed by atoms with E-state index in [-0.39, 0.29) is 0 Å². The average Bonchev–Trinajstić information content (AvgIpc) is 2.36. The SMILES string of the molecule is CNC(C)CCN1CCCC(C)(C)CC1. The van der Waals surface area contributed by atoms with Gasteiger partial charge >= 0.3 is 0 Å². The van der Waals surface area contributed by atoms with Crippen molar-refractivity contribution >= 4 is 0 Å². The number of likely N-dealkylation sites (tertiary alicyclic amines) is 1. The van der Waals surface area contributed by atoms with Gasteiger partial charge in [0.05, 0.1) is 0 Å².